The Morgan fingerprint density at radius 2 is 2.50 bits per heavy atom. The van der Waals surface area contributed by atoms with Crippen LogP contribution in [0.25, 0.3) is 0 Å². The van der Waals surface area contributed by atoms with Crippen LogP contribution in [0.5, 0.6) is 0 Å². The number of rotatable bonds is 2. The van der Waals surface area contributed by atoms with Crippen LogP contribution in [0.1, 0.15) is 13.3 Å². The van der Waals surface area contributed by atoms with E-state index in [1.807, 2.05) is 0 Å². The Morgan fingerprint density at radius 3 is 2.50 bits per heavy atom. The smallest absolute Gasteiger partial charge is 0.221 e. The summed E-state index contributed by atoms with van der Waals surface area (Å²) in [6.45, 7) is 1.79. The van der Waals surface area contributed by atoms with Crippen molar-refractivity contribution in [3.8, 4) is 0 Å². The first kappa shape index (κ1) is 5.96. The normalized spacial score (nSPS) is 8.33. The summed E-state index contributed by atoms with van der Waals surface area (Å²) in [5, 5.41) is -0.294. The molecule has 0 aromatic rings. The van der Waals surface area contributed by atoms with E-state index in [0.717, 1.165) is 0 Å². The highest BCUT2D eigenvalue weighted by molar-refractivity contribution is 6.63. The first-order valence-electron chi connectivity index (χ1n) is 1.73. The number of hydrogen-bond acceptors (Lipinski definition) is 1. The Kier molecular flexibility index (Phi) is 3.14. The number of carbonyl (C=O) groups is 1. The van der Waals surface area contributed by atoms with E-state index in [1.165, 1.54) is 0 Å². The van der Waals surface area contributed by atoms with E-state index in [9.17, 15) is 4.79 Å². The number of carbonyl (C=O) groups excluding carboxylic acids is 1. The largest absolute Gasteiger partial charge is 0.281 e. The van der Waals surface area contributed by atoms with E-state index >= 15 is 0 Å². The van der Waals surface area contributed by atoms with Gasteiger partial charge in [-0.25, -0.2) is 0 Å². The summed E-state index contributed by atoms with van der Waals surface area (Å²) in [6, 6.07) is 0. The average molecular weight is 106 g/mol. The molecule has 0 aromatic heterocycles. The molecule has 0 rings (SSSR count). The highest BCUT2D eigenvalue weighted by Gasteiger charge is 1.87. The lowest BCUT2D eigenvalue weighted by molar-refractivity contribution is -0.111. The van der Waals surface area contributed by atoms with E-state index < -0.39 is 0 Å². The van der Waals surface area contributed by atoms with Crippen molar-refractivity contribution in [3.05, 3.63) is 6.42 Å². The van der Waals surface area contributed by atoms with Gasteiger partial charge in [-0.3, -0.25) is 4.79 Å². The minimum Gasteiger partial charge on any atom is -0.281 e. The van der Waals surface area contributed by atoms with Crippen LogP contribution in [-0.2, 0) is 4.79 Å². The summed E-state index contributed by atoms with van der Waals surface area (Å²) in [5.74, 6) is 0. The van der Waals surface area contributed by atoms with Crippen molar-refractivity contribution in [1.29, 1.82) is 0 Å². The van der Waals surface area contributed by atoms with E-state index in [0.29, 0.717) is 6.42 Å². The molecule has 0 amide bonds. The standard InChI is InChI=1S/C4H6ClO/c1-2-3-4(5)6/h2H,3H2,1H3. The highest BCUT2D eigenvalue weighted by atomic mass is 35.5. The Bertz CT molecular complexity index is 51.5. The van der Waals surface area contributed by atoms with Crippen molar-refractivity contribution in [2.75, 3.05) is 0 Å². The monoisotopic (exact) mass is 105 g/mol. The van der Waals surface area contributed by atoms with E-state index in [4.69, 9.17) is 11.6 Å². The fourth-order valence-electron chi connectivity index (χ4n) is 0.160. The molecule has 0 bridgehead atoms. The fourth-order valence-corrected chi connectivity index (χ4v) is 0.315. The fraction of sp³-hybridized carbons (Fsp3) is 0.500. The molecule has 2 heteroatoms. The van der Waals surface area contributed by atoms with Gasteiger partial charge in [0, 0.05) is 6.42 Å². The molecule has 0 saturated heterocycles. The number of halogens is 1. The van der Waals surface area contributed by atoms with Gasteiger partial charge in [0.05, 0.1) is 0 Å². The Balaban J connectivity index is 2.83. The average Bonchev–Trinajstić information content (AvgIpc) is 1.35. The van der Waals surface area contributed by atoms with Gasteiger partial charge in [0.25, 0.3) is 0 Å². The van der Waals surface area contributed by atoms with Gasteiger partial charge in [-0.2, -0.15) is 0 Å². The third-order valence-electron chi connectivity index (χ3n) is 0.365. The quantitative estimate of drug-likeness (QED) is 0.485. The molecule has 0 aromatic carbocycles. The predicted molar refractivity (Wildman–Crippen MR) is 25.5 cm³/mol. The summed E-state index contributed by atoms with van der Waals surface area (Å²) in [5.41, 5.74) is 0. The second-order valence-corrected chi connectivity index (χ2v) is 1.39. The van der Waals surface area contributed by atoms with Crippen molar-refractivity contribution in [1.82, 2.24) is 0 Å². The maximum atomic E-state index is 9.78. The highest BCUT2D eigenvalue weighted by Crippen LogP contribution is 1.89. The van der Waals surface area contributed by atoms with Gasteiger partial charge in [-0.15, -0.1) is 0 Å². The molecule has 0 aliphatic carbocycles. The minimum atomic E-state index is -0.294. The van der Waals surface area contributed by atoms with Crippen LogP contribution in [0.4, 0.5) is 0 Å². The zero-order valence-electron chi connectivity index (χ0n) is 3.57. The first-order chi connectivity index (χ1) is 2.77. The lowest BCUT2D eigenvalue weighted by Crippen LogP contribution is -1.80. The SMILES string of the molecule is C[CH]CC(=O)Cl. The molecular weight excluding hydrogens is 99.5 g/mol. The van der Waals surface area contributed by atoms with Crippen molar-refractivity contribution >= 4 is 16.8 Å². The molecule has 6 heavy (non-hydrogen) atoms. The van der Waals surface area contributed by atoms with Crippen LogP contribution < -0.4 is 0 Å². The topological polar surface area (TPSA) is 17.1 Å². The predicted octanol–water partition coefficient (Wildman–Crippen LogP) is 1.37. The molecule has 0 saturated carbocycles. The van der Waals surface area contributed by atoms with Gasteiger partial charge in [-0.1, -0.05) is 6.92 Å². The van der Waals surface area contributed by atoms with Crippen LogP contribution in [0.15, 0.2) is 0 Å². The third kappa shape index (κ3) is 3.96. The summed E-state index contributed by atoms with van der Waals surface area (Å²) in [6.07, 6.45) is 2.09. The number of hydrogen-bond donors (Lipinski definition) is 0. The molecule has 35 valence electrons. The van der Waals surface area contributed by atoms with Gasteiger partial charge >= 0.3 is 0 Å². The lowest BCUT2D eigenvalue weighted by atomic mass is 10.4. The second-order valence-electron chi connectivity index (χ2n) is 0.967. The van der Waals surface area contributed by atoms with Gasteiger partial charge in [0.2, 0.25) is 5.24 Å². The summed E-state index contributed by atoms with van der Waals surface area (Å²) in [4.78, 5) is 9.78. The summed E-state index contributed by atoms with van der Waals surface area (Å²) < 4.78 is 0. The van der Waals surface area contributed by atoms with Crippen LogP contribution in [0.3, 0.4) is 0 Å². The zero-order chi connectivity index (χ0) is 4.99. The van der Waals surface area contributed by atoms with Gasteiger partial charge in [0.15, 0.2) is 0 Å². The first-order valence-corrected chi connectivity index (χ1v) is 2.11. The maximum absolute atomic E-state index is 9.78. The van der Waals surface area contributed by atoms with Crippen molar-refractivity contribution in [2.24, 2.45) is 0 Å². The lowest BCUT2D eigenvalue weighted by Gasteiger charge is -1.77. The van der Waals surface area contributed by atoms with E-state index in [1.54, 1.807) is 13.3 Å². The summed E-state index contributed by atoms with van der Waals surface area (Å²) >= 11 is 4.91. The summed E-state index contributed by atoms with van der Waals surface area (Å²) in [7, 11) is 0. The van der Waals surface area contributed by atoms with Crippen LogP contribution in [0.2, 0.25) is 0 Å². The van der Waals surface area contributed by atoms with Gasteiger partial charge in [0.1, 0.15) is 0 Å². The molecule has 0 fully saturated rings. The van der Waals surface area contributed by atoms with Crippen LogP contribution in [-0.4, -0.2) is 5.24 Å². The second kappa shape index (κ2) is 3.16. The molecule has 1 nitrogen and oxygen atoms in total. The molecule has 0 aliphatic rings. The maximum Gasteiger partial charge on any atom is 0.221 e. The van der Waals surface area contributed by atoms with Crippen LogP contribution >= 0.6 is 11.6 Å². The van der Waals surface area contributed by atoms with Crippen molar-refractivity contribution in [2.45, 2.75) is 13.3 Å². The Labute approximate surface area is 42.3 Å². The molecule has 0 spiro atoms. The molecular formula is C4H6ClO. The van der Waals surface area contributed by atoms with Gasteiger partial charge in [-0.05, 0) is 18.0 Å². The van der Waals surface area contributed by atoms with Gasteiger partial charge < -0.3 is 0 Å². The Hall–Kier alpha value is -0.0400. The molecule has 1 radical (unpaired) electrons. The van der Waals surface area contributed by atoms with Crippen LogP contribution in [0, 0.1) is 6.42 Å². The Morgan fingerprint density at radius 1 is 2.00 bits per heavy atom. The molecule has 0 N–H and O–H groups in total. The molecule has 0 atom stereocenters. The minimum absolute atomic E-state index is 0.294. The van der Waals surface area contributed by atoms with E-state index in [2.05, 4.69) is 0 Å². The molecule has 0 unspecified atom stereocenters. The van der Waals surface area contributed by atoms with E-state index in [-0.39, 0.29) is 5.24 Å². The van der Waals surface area contributed by atoms with Crippen molar-refractivity contribution < 1.29 is 4.79 Å². The third-order valence-corrected chi connectivity index (χ3v) is 0.519. The zero-order valence-corrected chi connectivity index (χ0v) is 4.33. The molecule has 0 heterocycles. The van der Waals surface area contributed by atoms with Crippen molar-refractivity contribution in [3.63, 3.8) is 0 Å². The molecule has 0 aliphatic heterocycles.